The van der Waals surface area contributed by atoms with E-state index in [0.29, 0.717) is 17.9 Å². The molecule has 1 aliphatic heterocycles. The van der Waals surface area contributed by atoms with Crippen molar-refractivity contribution >= 4 is 21.8 Å². The van der Waals surface area contributed by atoms with Crippen molar-refractivity contribution in [1.29, 1.82) is 0 Å². The minimum Gasteiger partial charge on any atom is -0.340 e. The zero-order chi connectivity index (χ0) is 11.8. The summed E-state index contributed by atoms with van der Waals surface area (Å²) >= 11 is 3.40. The summed E-state index contributed by atoms with van der Waals surface area (Å²) in [4.78, 5) is 14.1. The highest BCUT2D eigenvalue weighted by Crippen LogP contribution is 2.31. The summed E-state index contributed by atoms with van der Waals surface area (Å²) in [5.74, 6) is 0.683. The summed E-state index contributed by atoms with van der Waals surface area (Å²) in [6.07, 6.45) is 8.21. The molecule has 0 bridgehead atoms. The molecule has 1 saturated heterocycles. The zero-order valence-corrected chi connectivity index (χ0v) is 11.3. The van der Waals surface area contributed by atoms with Crippen molar-refractivity contribution in [3.8, 4) is 0 Å². The van der Waals surface area contributed by atoms with E-state index in [1.165, 1.54) is 6.42 Å². The summed E-state index contributed by atoms with van der Waals surface area (Å²) in [6, 6.07) is 0.352. The van der Waals surface area contributed by atoms with Gasteiger partial charge in [-0.15, -0.1) is 0 Å². The molecule has 1 amide bonds. The first kappa shape index (κ1) is 11.3. The molecule has 2 aliphatic rings. The maximum absolute atomic E-state index is 12.1. The monoisotopic (exact) mass is 297 g/mol. The van der Waals surface area contributed by atoms with Crippen molar-refractivity contribution in [3.05, 3.63) is 16.9 Å². The lowest BCUT2D eigenvalue weighted by molar-refractivity contribution is -0.137. The van der Waals surface area contributed by atoms with Crippen LogP contribution in [0.4, 0.5) is 0 Å². The van der Waals surface area contributed by atoms with Crippen molar-refractivity contribution in [2.75, 3.05) is 13.1 Å². The lowest BCUT2D eigenvalue weighted by atomic mass is 9.84. The Morgan fingerprint density at radius 3 is 2.82 bits per heavy atom. The standard InChI is InChI=1S/C12H16BrN3O/c13-10-6-14-16(7-10)11-4-5-15(8-11)12(17)9-2-1-3-9/h6-7,9,11H,1-5,8H2. The lowest BCUT2D eigenvalue weighted by Gasteiger charge is -2.29. The summed E-state index contributed by atoms with van der Waals surface area (Å²) in [5.41, 5.74) is 0. The van der Waals surface area contributed by atoms with Crippen molar-refractivity contribution in [2.24, 2.45) is 5.92 Å². The smallest absolute Gasteiger partial charge is 0.225 e. The van der Waals surface area contributed by atoms with Gasteiger partial charge in [-0.25, -0.2) is 0 Å². The van der Waals surface area contributed by atoms with Gasteiger partial charge in [0.25, 0.3) is 0 Å². The number of carbonyl (C=O) groups is 1. The van der Waals surface area contributed by atoms with Gasteiger partial charge in [0.05, 0.1) is 16.7 Å². The fourth-order valence-corrected chi connectivity index (χ4v) is 2.89. The Hall–Kier alpha value is -0.840. The van der Waals surface area contributed by atoms with E-state index in [2.05, 4.69) is 21.0 Å². The van der Waals surface area contributed by atoms with E-state index in [1.54, 1.807) is 6.20 Å². The molecule has 1 atom stereocenters. The van der Waals surface area contributed by atoms with E-state index in [-0.39, 0.29) is 0 Å². The minimum absolute atomic E-state index is 0.318. The highest BCUT2D eigenvalue weighted by Gasteiger charge is 2.34. The Labute approximate surface area is 109 Å². The Kier molecular flexibility index (Phi) is 2.94. The quantitative estimate of drug-likeness (QED) is 0.839. The zero-order valence-electron chi connectivity index (χ0n) is 9.68. The van der Waals surface area contributed by atoms with Gasteiger partial charge in [0.15, 0.2) is 0 Å². The topological polar surface area (TPSA) is 38.1 Å². The number of hydrogen-bond donors (Lipinski definition) is 0. The maximum Gasteiger partial charge on any atom is 0.225 e. The van der Waals surface area contributed by atoms with Crippen LogP contribution in [0.15, 0.2) is 16.9 Å². The third-order valence-corrected chi connectivity index (χ3v) is 4.28. The largest absolute Gasteiger partial charge is 0.340 e. The van der Waals surface area contributed by atoms with Crippen LogP contribution in [0.25, 0.3) is 0 Å². The van der Waals surface area contributed by atoms with E-state index in [4.69, 9.17) is 0 Å². The van der Waals surface area contributed by atoms with Gasteiger partial charge < -0.3 is 4.90 Å². The van der Waals surface area contributed by atoms with Gasteiger partial charge in [-0.2, -0.15) is 5.10 Å². The van der Waals surface area contributed by atoms with E-state index >= 15 is 0 Å². The molecule has 92 valence electrons. The Bertz CT molecular complexity index is 427. The van der Waals surface area contributed by atoms with Gasteiger partial charge in [-0.3, -0.25) is 9.48 Å². The van der Waals surface area contributed by atoms with E-state index in [1.807, 2.05) is 15.8 Å². The summed E-state index contributed by atoms with van der Waals surface area (Å²) in [6.45, 7) is 1.71. The average Bonchev–Trinajstić information content (AvgIpc) is 2.82. The van der Waals surface area contributed by atoms with Crippen LogP contribution in [0, 0.1) is 5.92 Å². The number of likely N-dealkylation sites (tertiary alicyclic amines) is 1. The molecule has 0 aromatic carbocycles. The summed E-state index contributed by atoms with van der Waals surface area (Å²) in [7, 11) is 0. The highest BCUT2D eigenvalue weighted by molar-refractivity contribution is 9.10. The molecule has 1 saturated carbocycles. The van der Waals surface area contributed by atoms with Gasteiger partial charge in [0.1, 0.15) is 0 Å². The highest BCUT2D eigenvalue weighted by atomic mass is 79.9. The molecule has 0 spiro atoms. The van der Waals surface area contributed by atoms with Crippen molar-refractivity contribution in [2.45, 2.75) is 31.7 Å². The third-order valence-electron chi connectivity index (χ3n) is 3.87. The molecule has 1 aromatic heterocycles. The SMILES string of the molecule is O=C(C1CCC1)N1CCC(n2cc(Br)cn2)C1. The molecule has 1 aliphatic carbocycles. The lowest BCUT2D eigenvalue weighted by Crippen LogP contribution is -2.37. The number of aromatic nitrogens is 2. The molecular weight excluding hydrogens is 282 g/mol. The van der Waals surface area contributed by atoms with E-state index < -0.39 is 0 Å². The number of nitrogens with zero attached hydrogens (tertiary/aromatic N) is 3. The number of rotatable bonds is 2. The van der Waals surface area contributed by atoms with Crippen LogP contribution < -0.4 is 0 Å². The summed E-state index contributed by atoms with van der Waals surface area (Å²) in [5, 5.41) is 4.30. The second kappa shape index (κ2) is 4.44. The third kappa shape index (κ3) is 2.12. The number of amides is 1. The molecule has 1 unspecified atom stereocenters. The molecule has 0 N–H and O–H groups in total. The predicted octanol–water partition coefficient (Wildman–Crippen LogP) is 2.22. The number of carbonyl (C=O) groups excluding carboxylic acids is 1. The van der Waals surface area contributed by atoms with Crippen LogP contribution in [0.2, 0.25) is 0 Å². The minimum atomic E-state index is 0.318. The van der Waals surface area contributed by atoms with E-state index in [9.17, 15) is 4.79 Å². The fourth-order valence-electron chi connectivity index (χ4n) is 2.59. The maximum atomic E-state index is 12.1. The molecule has 2 heterocycles. The van der Waals surface area contributed by atoms with Crippen LogP contribution in [-0.4, -0.2) is 33.7 Å². The van der Waals surface area contributed by atoms with Gasteiger partial charge in [-0.1, -0.05) is 6.42 Å². The summed E-state index contributed by atoms with van der Waals surface area (Å²) < 4.78 is 2.97. The second-order valence-electron chi connectivity index (χ2n) is 4.99. The second-order valence-corrected chi connectivity index (χ2v) is 5.91. The molecular formula is C12H16BrN3O. The van der Waals surface area contributed by atoms with Gasteiger partial charge in [0.2, 0.25) is 5.91 Å². The van der Waals surface area contributed by atoms with Crippen molar-refractivity contribution in [3.63, 3.8) is 0 Å². The molecule has 1 aromatic rings. The Morgan fingerprint density at radius 1 is 1.41 bits per heavy atom. The number of halogens is 1. The van der Waals surface area contributed by atoms with Crippen LogP contribution in [0.5, 0.6) is 0 Å². The molecule has 4 nitrogen and oxygen atoms in total. The molecule has 2 fully saturated rings. The first-order valence-corrected chi connectivity index (χ1v) is 7.02. The van der Waals surface area contributed by atoms with Gasteiger partial charge in [-0.05, 0) is 35.2 Å². The van der Waals surface area contributed by atoms with Crippen LogP contribution in [0.1, 0.15) is 31.7 Å². The number of hydrogen-bond acceptors (Lipinski definition) is 2. The van der Waals surface area contributed by atoms with Gasteiger partial charge in [0, 0.05) is 25.2 Å². The molecule has 17 heavy (non-hydrogen) atoms. The average molecular weight is 298 g/mol. The fraction of sp³-hybridized carbons (Fsp3) is 0.667. The predicted molar refractivity (Wildman–Crippen MR) is 67.5 cm³/mol. The van der Waals surface area contributed by atoms with Crippen molar-refractivity contribution in [1.82, 2.24) is 14.7 Å². The first-order chi connectivity index (χ1) is 8.24. The molecule has 5 heteroatoms. The Balaban J connectivity index is 1.63. The first-order valence-electron chi connectivity index (χ1n) is 6.22. The van der Waals surface area contributed by atoms with Crippen LogP contribution >= 0.6 is 15.9 Å². The van der Waals surface area contributed by atoms with Crippen LogP contribution in [-0.2, 0) is 4.79 Å². The molecule has 3 rings (SSSR count). The van der Waals surface area contributed by atoms with Crippen LogP contribution in [0.3, 0.4) is 0 Å². The normalized spacial score (nSPS) is 25.0. The van der Waals surface area contributed by atoms with Gasteiger partial charge >= 0.3 is 0 Å². The Morgan fingerprint density at radius 2 is 2.24 bits per heavy atom. The van der Waals surface area contributed by atoms with Crippen molar-refractivity contribution < 1.29 is 4.79 Å². The van der Waals surface area contributed by atoms with E-state index in [0.717, 1.165) is 36.8 Å². The molecule has 0 radical (unpaired) electrons.